The second-order valence-corrected chi connectivity index (χ2v) is 6.43. The van der Waals surface area contributed by atoms with Gasteiger partial charge < -0.3 is 9.84 Å². The highest BCUT2D eigenvalue weighted by Crippen LogP contribution is 2.35. The fraction of sp³-hybridized carbons (Fsp3) is 0.375. The third-order valence-electron chi connectivity index (χ3n) is 3.52. The first-order valence-electron chi connectivity index (χ1n) is 7.43. The molecule has 2 rings (SSSR count). The van der Waals surface area contributed by atoms with E-state index in [1.54, 1.807) is 13.8 Å². The number of aromatic nitrogens is 2. The zero-order valence-electron chi connectivity index (χ0n) is 14.2. The Morgan fingerprint density at radius 1 is 1.38 bits per heavy atom. The zero-order valence-corrected chi connectivity index (χ0v) is 15.0. The molecule has 2 aromatic rings. The molecule has 2 aromatic heterocycles. The summed E-state index contributed by atoms with van der Waals surface area (Å²) in [5.41, 5.74) is -0.112. The number of thioether (sulfide) groups is 1. The van der Waals surface area contributed by atoms with Crippen LogP contribution in [0.15, 0.2) is 15.6 Å². The molecule has 0 fully saturated rings. The number of carbonyl (C=O) groups excluding carboxylic acids is 1. The van der Waals surface area contributed by atoms with Crippen LogP contribution in [0.1, 0.15) is 33.8 Å². The third-order valence-corrected chi connectivity index (χ3v) is 4.49. The first kappa shape index (κ1) is 19.8. The number of hydrogen-bond acceptors (Lipinski definition) is 6. The third kappa shape index (κ3) is 4.54. The maximum absolute atomic E-state index is 13.1. The number of halogens is 3. The van der Waals surface area contributed by atoms with Gasteiger partial charge in [-0.05, 0) is 26.8 Å². The van der Waals surface area contributed by atoms with Crippen LogP contribution in [0.4, 0.5) is 13.2 Å². The van der Waals surface area contributed by atoms with Crippen molar-refractivity contribution in [2.45, 2.75) is 38.5 Å². The molecular formula is C16H15F3N4O2S. The van der Waals surface area contributed by atoms with Crippen molar-refractivity contribution in [2.75, 3.05) is 5.75 Å². The van der Waals surface area contributed by atoms with Gasteiger partial charge in [0.1, 0.15) is 16.9 Å². The number of nitrogens with one attached hydrogen (secondary N) is 1. The van der Waals surface area contributed by atoms with Crippen molar-refractivity contribution < 1.29 is 22.5 Å². The van der Waals surface area contributed by atoms with Gasteiger partial charge in [0.05, 0.1) is 22.6 Å². The van der Waals surface area contributed by atoms with Crippen LogP contribution in [-0.4, -0.2) is 21.8 Å². The highest BCUT2D eigenvalue weighted by Gasteiger charge is 2.35. The average Bonchev–Trinajstić information content (AvgIpc) is 2.88. The van der Waals surface area contributed by atoms with E-state index in [0.717, 1.165) is 23.4 Å². The molecule has 0 radical (unpaired) electrons. The Morgan fingerprint density at radius 2 is 2.08 bits per heavy atom. The summed E-state index contributed by atoms with van der Waals surface area (Å²) in [6.07, 6.45) is -4.67. The van der Waals surface area contributed by atoms with Crippen molar-refractivity contribution in [2.24, 2.45) is 0 Å². The van der Waals surface area contributed by atoms with Crippen LogP contribution in [0.3, 0.4) is 0 Å². The van der Waals surface area contributed by atoms with Crippen LogP contribution < -0.4 is 5.32 Å². The van der Waals surface area contributed by atoms with Crippen molar-refractivity contribution >= 4 is 17.7 Å². The van der Waals surface area contributed by atoms with E-state index in [-0.39, 0.29) is 23.0 Å². The largest absolute Gasteiger partial charge is 0.417 e. The van der Waals surface area contributed by atoms with E-state index < -0.39 is 23.2 Å². The molecule has 0 atom stereocenters. The molecule has 0 aliphatic rings. The van der Waals surface area contributed by atoms with E-state index >= 15 is 0 Å². The number of pyridine rings is 1. The Labute approximate surface area is 151 Å². The van der Waals surface area contributed by atoms with Gasteiger partial charge in [-0.25, -0.2) is 4.98 Å². The van der Waals surface area contributed by atoms with Crippen LogP contribution >= 0.6 is 11.8 Å². The molecule has 0 spiro atoms. The smallest absolute Gasteiger partial charge is 0.361 e. The molecular weight excluding hydrogens is 369 g/mol. The maximum atomic E-state index is 13.1. The molecule has 0 unspecified atom stereocenters. The fourth-order valence-electron chi connectivity index (χ4n) is 2.21. The Hall–Kier alpha value is -2.54. The monoisotopic (exact) mass is 384 g/mol. The summed E-state index contributed by atoms with van der Waals surface area (Å²) in [7, 11) is 0. The lowest BCUT2D eigenvalue weighted by Gasteiger charge is -2.12. The molecule has 6 nitrogen and oxygen atoms in total. The predicted molar refractivity (Wildman–Crippen MR) is 87.2 cm³/mol. The first-order valence-corrected chi connectivity index (χ1v) is 8.42. The molecule has 0 aromatic carbocycles. The molecule has 1 N–H and O–H groups in total. The standard InChI is InChI=1S/C16H15F3N4O2S/c1-8-4-13(16(17,18)19)11(5-20)15(22-8)26-7-14(24)21-6-12-9(2)23-25-10(12)3/h4H,6-7H2,1-3H3,(H,21,24). The van der Waals surface area contributed by atoms with Crippen molar-refractivity contribution in [3.8, 4) is 6.07 Å². The molecule has 0 saturated heterocycles. The van der Waals surface area contributed by atoms with Gasteiger partial charge in [0.25, 0.3) is 0 Å². The first-order chi connectivity index (χ1) is 12.1. The molecule has 0 aliphatic heterocycles. The quantitative estimate of drug-likeness (QED) is 0.796. The molecule has 0 bridgehead atoms. The van der Waals surface area contributed by atoms with E-state index in [9.17, 15) is 18.0 Å². The maximum Gasteiger partial charge on any atom is 0.417 e. The van der Waals surface area contributed by atoms with Crippen molar-refractivity contribution in [1.82, 2.24) is 15.5 Å². The minimum Gasteiger partial charge on any atom is -0.361 e. The molecule has 0 aliphatic carbocycles. The van der Waals surface area contributed by atoms with Crippen LogP contribution in [0, 0.1) is 32.1 Å². The summed E-state index contributed by atoms with van der Waals surface area (Å²) >= 11 is 0.785. The van der Waals surface area contributed by atoms with E-state index in [1.165, 1.54) is 13.0 Å². The molecule has 2 heterocycles. The number of nitrogens with zero attached hydrogens (tertiary/aromatic N) is 3. The predicted octanol–water partition coefficient (Wildman–Crippen LogP) is 3.29. The van der Waals surface area contributed by atoms with Gasteiger partial charge in [-0.15, -0.1) is 0 Å². The summed E-state index contributed by atoms with van der Waals surface area (Å²) in [4.78, 5) is 15.9. The number of amides is 1. The van der Waals surface area contributed by atoms with Gasteiger partial charge in [-0.3, -0.25) is 4.79 Å². The summed E-state index contributed by atoms with van der Waals surface area (Å²) in [5, 5.41) is 15.4. The van der Waals surface area contributed by atoms with E-state index in [1.807, 2.05) is 0 Å². The van der Waals surface area contributed by atoms with Crippen molar-refractivity contribution in [3.63, 3.8) is 0 Å². The summed E-state index contributed by atoms with van der Waals surface area (Å²) < 4.78 is 44.2. The number of alkyl halides is 3. The number of aryl methyl sites for hydroxylation is 3. The van der Waals surface area contributed by atoms with Crippen LogP contribution in [0.25, 0.3) is 0 Å². The fourth-order valence-corrected chi connectivity index (χ4v) is 3.09. The van der Waals surface area contributed by atoms with Crippen LogP contribution in [0.5, 0.6) is 0 Å². The summed E-state index contributed by atoms with van der Waals surface area (Å²) in [6.45, 7) is 5.05. The zero-order chi connectivity index (χ0) is 19.5. The van der Waals surface area contributed by atoms with E-state index in [4.69, 9.17) is 9.78 Å². The average molecular weight is 384 g/mol. The molecule has 26 heavy (non-hydrogen) atoms. The Balaban J connectivity index is 2.08. The lowest BCUT2D eigenvalue weighted by atomic mass is 10.1. The second kappa shape index (κ2) is 7.78. The molecule has 1 amide bonds. The van der Waals surface area contributed by atoms with Crippen LogP contribution in [0.2, 0.25) is 0 Å². The minimum atomic E-state index is -4.67. The van der Waals surface area contributed by atoms with Gasteiger partial charge in [0, 0.05) is 17.8 Å². The lowest BCUT2D eigenvalue weighted by Crippen LogP contribution is -2.25. The van der Waals surface area contributed by atoms with Gasteiger partial charge in [-0.1, -0.05) is 16.9 Å². The Kier molecular flexibility index (Phi) is 5.92. The lowest BCUT2D eigenvalue weighted by molar-refractivity contribution is -0.138. The van der Waals surface area contributed by atoms with Crippen LogP contribution in [-0.2, 0) is 17.5 Å². The van der Waals surface area contributed by atoms with E-state index in [0.29, 0.717) is 11.5 Å². The Bertz CT molecular complexity index is 852. The second-order valence-electron chi connectivity index (χ2n) is 5.47. The van der Waals surface area contributed by atoms with Gasteiger partial charge in [-0.2, -0.15) is 18.4 Å². The summed E-state index contributed by atoms with van der Waals surface area (Å²) in [6, 6.07) is 2.35. The molecule has 10 heteroatoms. The van der Waals surface area contributed by atoms with E-state index in [2.05, 4.69) is 15.5 Å². The van der Waals surface area contributed by atoms with Crippen molar-refractivity contribution in [1.29, 1.82) is 5.26 Å². The number of rotatable bonds is 5. The normalized spacial score (nSPS) is 11.3. The molecule has 0 saturated carbocycles. The SMILES string of the molecule is Cc1cc(C(F)(F)F)c(C#N)c(SCC(=O)NCc2c(C)noc2C)n1. The highest BCUT2D eigenvalue weighted by atomic mass is 32.2. The number of nitriles is 1. The van der Waals surface area contributed by atoms with Gasteiger partial charge >= 0.3 is 6.18 Å². The number of carbonyl (C=O) groups is 1. The Morgan fingerprint density at radius 3 is 2.62 bits per heavy atom. The van der Waals surface area contributed by atoms with Gasteiger partial charge in [0.15, 0.2) is 0 Å². The number of hydrogen-bond donors (Lipinski definition) is 1. The highest BCUT2D eigenvalue weighted by molar-refractivity contribution is 8.00. The topological polar surface area (TPSA) is 91.8 Å². The van der Waals surface area contributed by atoms with Gasteiger partial charge in [0.2, 0.25) is 5.91 Å². The minimum absolute atomic E-state index is 0.118. The summed E-state index contributed by atoms with van der Waals surface area (Å²) in [5.74, 6) is -0.000588. The molecule has 138 valence electrons. The van der Waals surface area contributed by atoms with Crippen molar-refractivity contribution in [3.05, 3.63) is 39.9 Å².